The van der Waals surface area contributed by atoms with Crippen LogP contribution in [-0.2, 0) is 4.74 Å². The summed E-state index contributed by atoms with van der Waals surface area (Å²) in [6.45, 7) is 5.08. The van der Waals surface area contributed by atoms with E-state index in [1.165, 1.54) is 12.1 Å². The molecule has 1 heterocycles. The third-order valence-corrected chi connectivity index (χ3v) is 3.82. The van der Waals surface area contributed by atoms with Gasteiger partial charge in [-0.15, -0.1) is 0 Å². The van der Waals surface area contributed by atoms with Crippen LogP contribution in [0.15, 0.2) is 18.2 Å². The van der Waals surface area contributed by atoms with Gasteiger partial charge in [0, 0.05) is 13.1 Å². The molecule has 0 spiro atoms. The van der Waals surface area contributed by atoms with E-state index in [0.717, 1.165) is 12.5 Å². The molecule has 1 amide bonds. The van der Waals surface area contributed by atoms with Crippen LogP contribution in [0, 0.1) is 5.82 Å². The fourth-order valence-electron chi connectivity index (χ4n) is 2.31. The monoisotopic (exact) mass is 295 g/mol. The molecule has 0 aliphatic carbocycles. The minimum absolute atomic E-state index is 0.111. The number of hydrogen-bond acceptors (Lipinski definition) is 3. The normalized spacial score (nSPS) is 22.1. The Bertz CT molecular complexity index is 575. The number of nitrogens with zero attached hydrogens (tertiary/aromatic N) is 1. The Hall–Kier alpha value is -1.95. The largest absolute Gasteiger partial charge is 0.478 e. The summed E-state index contributed by atoms with van der Waals surface area (Å²) >= 11 is 0. The predicted molar refractivity (Wildman–Crippen MR) is 73.9 cm³/mol. The molecular formula is C15H18FNO4. The summed E-state index contributed by atoms with van der Waals surface area (Å²) in [5.74, 6) is -2.48. The molecule has 21 heavy (non-hydrogen) atoms. The van der Waals surface area contributed by atoms with Crippen LogP contribution in [0.25, 0.3) is 0 Å². The quantitative estimate of drug-likeness (QED) is 0.928. The SMILES string of the molecule is CCC1(C)CN(C(=O)c2ccc(C(=O)O)cc2F)CCO1. The van der Waals surface area contributed by atoms with Crippen molar-refractivity contribution in [2.24, 2.45) is 0 Å². The molecule has 0 radical (unpaired) electrons. The molecule has 1 atom stereocenters. The van der Waals surface area contributed by atoms with Crippen molar-refractivity contribution >= 4 is 11.9 Å². The summed E-state index contributed by atoms with van der Waals surface area (Å²) in [7, 11) is 0. The first-order valence-electron chi connectivity index (χ1n) is 6.82. The lowest BCUT2D eigenvalue weighted by Crippen LogP contribution is -2.52. The zero-order valence-corrected chi connectivity index (χ0v) is 12.1. The molecule has 6 heteroatoms. The molecule has 0 saturated carbocycles. The predicted octanol–water partition coefficient (Wildman–Crippen LogP) is 2.17. The number of halogens is 1. The summed E-state index contributed by atoms with van der Waals surface area (Å²) in [6, 6.07) is 3.33. The highest BCUT2D eigenvalue weighted by Gasteiger charge is 2.33. The van der Waals surface area contributed by atoms with Gasteiger partial charge in [0.2, 0.25) is 0 Å². The van der Waals surface area contributed by atoms with E-state index in [-0.39, 0.29) is 11.1 Å². The number of carboxylic acids is 1. The summed E-state index contributed by atoms with van der Waals surface area (Å²) in [4.78, 5) is 24.7. The van der Waals surface area contributed by atoms with Crippen LogP contribution in [0.1, 0.15) is 41.0 Å². The number of amides is 1. The maximum atomic E-state index is 13.9. The van der Waals surface area contributed by atoms with Crippen LogP contribution in [-0.4, -0.2) is 47.2 Å². The van der Waals surface area contributed by atoms with E-state index in [1.807, 2.05) is 13.8 Å². The van der Waals surface area contributed by atoms with Crippen molar-refractivity contribution in [3.63, 3.8) is 0 Å². The van der Waals surface area contributed by atoms with E-state index >= 15 is 0 Å². The first kappa shape index (κ1) is 15.4. The summed E-state index contributed by atoms with van der Waals surface area (Å²) in [5, 5.41) is 8.81. The standard InChI is InChI=1S/C15H18FNO4/c1-3-15(2)9-17(6-7-21-15)13(18)11-5-4-10(14(19)20)8-12(11)16/h4-5,8H,3,6-7,9H2,1-2H3,(H,19,20). The van der Waals surface area contributed by atoms with E-state index in [1.54, 1.807) is 4.90 Å². The Labute approximate surface area is 122 Å². The second-order valence-corrected chi connectivity index (χ2v) is 5.38. The molecule has 1 fully saturated rings. The number of benzene rings is 1. The Morgan fingerprint density at radius 2 is 2.19 bits per heavy atom. The van der Waals surface area contributed by atoms with E-state index in [4.69, 9.17) is 9.84 Å². The molecule has 1 aromatic carbocycles. The first-order valence-corrected chi connectivity index (χ1v) is 6.82. The van der Waals surface area contributed by atoms with Gasteiger partial charge in [-0.3, -0.25) is 4.79 Å². The van der Waals surface area contributed by atoms with E-state index < -0.39 is 23.3 Å². The first-order chi connectivity index (χ1) is 9.86. The minimum atomic E-state index is -1.22. The number of carbonyl (C=O) groups excluding carboxylic acids is 1. The number of aromatic carboxylic acids is 1. The molecule has 1 aliphatic heterocycles. The van der Waals surface area contributed by atoms with Gasteiger partial charge in [0.05, 0.1) is 23.3 Å². The number of morpholine rings is 1. The van der Waals surface area contributed by atoms with Crippen molar-refractivity contribution in [2.75, 3.05) is 19.7 Å². The summed E-state index contributed by atoms with van der Waals surface area (Å²) in [5.41, 5.74) is -0.712. The zero-order valence-electron chi connectivity index (χ0n) is 12.1. The van der Waals surface area contributed by atoms with Crippen LogP contribution >= 0.6 is 0 Å². The van der Waals surface area contributed by atoms with Crippen molar-refractivity contribution in [1.82, 2.24) is 4.90 Å². The third kappa shape index (κ3) is 3.21. The van der Waals surface area contributed by atoms with Crippen molar-refractivity contribution < 1.29 is 23.8 Å². The molecule has 0 bridgehead atoms. The van der Waals surface area contributed by atoms with Crippen molar-refractivity contribution in [2.45, 2.75) is 25.9 Å². The van der Waals surface area contributed by atoms with Gasteiger partial charge in [0.1, 0.15) is 5.82 Å². The van der Waals surface area contributed by atoms with Crippen molar-refractivity contribution in [3.05, 3.63) is 35.1 Å². The zero-order chi connectivity index (χ0) is 15.6. The highest BCUT2D eigenvalue weighted by Crippen LogP contribution is 2.23. The number of rotatable bonds is 3. The van der Waals surface area contributed by atoms with Gasteiger partial charge >= 0.3 is 5.97 Å². The molecule has 1 aromatic rings. The lowest BCUT2D eigenvalue weighted by Gasteiger charge is -2.40. The van der Waals surface area contributed by atoms with Crippen LogP contribution in [0.5, 0.6) is 0 Å². The van der Waals surface area contributed by atoms with Gasteiger partial charge in [0.25, 0.3) is 5.91 Å². The van der Waals surface area contributed by atoms with Gasteiger partial charge in [0.15, 0.2) is 0 Å². The third-order valence-electron chi connectivity index (χ3n) is 3.82. The number of carboxylic acid groups (broad SMARTS) is 1. The van der Waals surface area contributed by atoms with Gasteiger partial charge in [-0.2, -0.15) is 0 Å². The topological polar surface area (TPSA) is 66.8 Å². The number of hydrogen-bond donors (Lipinski definition) is 1. The van der Waals surface area contributed by atoms with Crippen LogP contribution in [0.4, 0.5) is 4.39 Å². The van der Waals surface area contributed by atoms with Crippen LogP contribution in [0.3, 0.4) is 0 Å². The average Bonchev–Trinajstić information content (AvgIpc) is 2.46. The Morgan fingerprint density at radius 3 is 2.76 bits per heavy atom. The lowest BCUT2D eigenvalue weighted by molar-refractivity contribution is -0.0898. The van der Waals surface area contributed by atoms with Crippen LogP contribution in [0.2, 0.25) is 0 Å². The second kappa shape index (κ2) is 5.81. The molecule has 0 aromatic heterocycles. The lowest BCUT2D eigenvalue weighted by atomic mass is 10.00. The van der Waals surface area contributed by atoms with E-state index in [9.17, 15) is 14.0 Å². The molecular weight excluding hydrogens is 277 g/mol. The molecule has 1 aliphatic rings. The second-order valence-electron chi connectivity index (χ2n) is 5.38. The minimum Gasteiger partial charge on any atom is -0.478 e. The molecule has 1 saturated heterocycles. The molecule has 5 nitrogen and oxygen atoms in total. The van der Waals surface area contributed by atoms with Crippen molar-refractivity contribution in [3.8, 4) is 0 Å². The highest BCUT2D eigenvalue weighted by molar-refractivity contribution is 5.96. The average molecular weight is 295 g/mol. The highest BCUT2D eigenvalue weighted by atomic mass is 19.1. The van der Waals surface area contributed by atoms with Gasteiger partial charge in [-0.1, -0.05) is 6.92 Å². The van der Waals surface area contributed by atoms with E-state index in [2.05, 4.69) is 0 Å². The Balaban J connectivity index is 2.22. The fraction of sp³-hybridized carbons (Fsp3) is 0.467. The van der Waals surface area contributed by atoms with Crippen LogP contribution < -0.4 is 0 Å². The molecule has 114 valence electrons. The van der Waals surface area contributed by atoms with Gasteiger partial charge in [-0.25, -0.2) is 9.18 Å². The number of carbonyl (C=O) groups is 2. The van der Waals surface area contributed by atoms with Gasteiger partial charge < -0.3 is 14.7 Å². The number of ether oxygens (including phenoxy) is 1. The molecule has 1 unspecified atom stereocenters. The Kier molecular flexibility index (Phi) is 4.27. The van der Waals surface area contributed by atoms with Gasteiger partial charge in [-0.05, 0) is 31.5 Å². The fourth-order valence-corrected chi connectivity index (χ4v) is 2.31. The maximum Gasteiger partial charge on any atom is 0.335 e. The smallest absolute Gasteiger partial charge is 0.335 e. The van der Waals surface area contributed by atoms with Crippen molar-refractivity contribution in [1.29, 1.82) is 0 Å². The van der Waals surface area contributed by atoms with E-state index in [0.29, 0.717) is 19.7 Å². The molecule has 1 N–H and O–H groups in total. The maximum absolute atomic E-state index is 13.9. The molecule has 2 rings (SSSR count). The Morgan fingerprint density at radius 1 is 1.48 bits per heavy atom. The summed E-state index contributed by atoms with van der Waals surface area (Å²) < 4.78 is 19.6. The summed E-state index contributed by atoms with van der Waals surface area (Å²) in [6.07, 6.45) is 0.747.